The normalized spacial score (nSPS) is 14.2. The highest BCUT2D eigenvalue weighted by Gasteiger charge is 2.35. The lowest BCUT2D eigenvalue weighted by atomic mass is 9.88. The first-order valence-corrected chi connectivity index (χ1v) is 6.93. The molecule has 0 spiro atoms. The highest BCUT2D eigenvalue weighted by molar-refractivity contribution is 7.89. The number of hydrogen-bond acceptors (Lipinski definition) is 3. The summed E-state index contributed by atoms with van der Waals surface area (Å²) >= 11 is 0. The van der Waals surface area contributed by atoms with Crippen molar-refractivity contribution in [2.24, 2.45) is 5.41 Å². The Balaban J connectivity index is 3.06. The van der Waals surface area contributed by atoms with Crippen molar-refractivity contribution in [3.8, 4) is 0 Å². The summed E-state index contributed by atoms with van der Waals surface area (Å²) in [4.78, 5) is 11.2. The number of sulfonamides is 1. The van der Waals surface area contributed by atoms with E-state index in [0.29, 0.717) is 0 Å². The first-order valence-electron chi connectivity index (χ1n) is 5.45. The SMILES string of the molecule is CC(C)(C)[C@H](NS(=O)(=O)c1ccccc1)C(=O)O. The van der Waals surface area contributed by atoms with E-state index < -0.39 is 27.4 Å². The number of benzene rings is 1. The van der Waals surface area contributed by atoms with Crippen LogP contribution in [-0.4, -0.2) is 25.5 Å². The van der Waals surface area contributed by atoms with Crippen molar-refractivity contribution in [2.45, 2.75) is 31.7 Å². The van der Waals surface area contributed by atoms with Crippen LogP contribution >= 0.6 is 0 Å². The first kappa shape index (κ1) is 14.7. The summed E-state index contributed by atoms with van der Waals surface area (Å²) in [5.74, 6) is -1.19. The van der Waals surface area contributed by atoms with Crippen molar-refractivity contribution < 1.29 is 18.3 Å². The largest absolute Gasteiger partial charge is 0.480 e. The molecule has 100 valence electrons. The Kier molecular flexibility index (Phi) is 4.13. The smallest absolute Gasteiger partial charge is 0.322 e. The highest BCUT2D eigenvalue weighted by atomic mass is 32.2. The number of hydrogen-bond donors (Lipinski definition) is 2. The van der Waals surface area contributed by atoms with Crippen LogP contribution < -0.4 is 4.72 Å². The van der Waals surface area contributed by atoms with E-state index in [-0.39, 0.29) is 4.90 Å². The second-order valence-corrected chi connectivity index (χ2v) is 6.79. The van der Waals surface area contributed by atoms with Gasteiger partial charge in [0, 0.05) is 0 Å². The molecule has 0 aliphatic heterocycles. The Morgan fingerprint density at radius 1 is 1.22 bits per heavy atom. The fourth-order valence-electron chi connectivity index (χ4n) is 1.42. The van der Waals surface area contributed by atoms with Gasteiger partial charge in [0.1, 0.15) is 6.04 Å². The Bertz CT molecular complexity index is 517. The van der Waals surface area contributed by atoms with Crippen LogP contribution in [0.2, 0.25) is 0 Å². The molecule has 2 N–H and O–H groups in total. The van der Waals surface area contributed by atoms with E-state index in [1.54, 1.807) is 39.0 Å². The second kappa shape index (κ2) is 5.07. The van der Waals surface area contributed by atoms with Crippen LogP contribution in [-0.2, 0) is 14.8 Å². The van der Waals surface area contributed by atoms with Gasteiger partial charge in [-0.2, -0.15) is 4.72 Å². The van der Waals surface area contributed by atoms with Gasteiger partial charge in [0.15, 0.2) is 0 Å². The fourth-order valence-corrected chi connectivity index (χ4v) is 2.84. The molecule has 18 heavy (non-hydrogen) atoms. The first-order chi connectivity index (χ1) is 8.14. The molecule has 0 saturated carbocycles. The molecule has 1 aromatic carbocycles. The van der Waals surface area contributed by atoms with Crippen LogP contribution in [0.15, 0.2) is 35.2 Å². The van der Waals surface area contributed by atoms with Crippen LogP contribution in [0, 0.1) is 5.41 Å². The summed E-state index contributed by atoms with van der Waals surface area (Å²) in [6.07, 6.45) is 0. The molecule has 5 nitrogen and oxygen atoms in total. The standard InChI is InChI=1S/C12H17NO4S/c1-12(2,3)10(11(14)15)13-18(16,17)9-7-5-4-6-8-9/h4-8,10,13H,1-3H3,(H,14,15)/t10-/m1/s1. The molecule has 0 radical (unpaired) electrons. The molecule has 0 aromatic heterocycles. The van der Waals surface area contributed by atoms with Crippen LogP contribution in [0.3, 0.4) is 0 Å². The summed E-state index contributed by atoms with van der Waals surface area (Å²) < 4.78 is 26.3. The van der Waals surface area contributed by atoms with Crippen LogP contribution in [0.1, 0.15) is 20.8 Å². The zero-order valence-corrected chi connectivity index (χ0v) is 11.4. The van der Waals surface area contributed by atoms with Gasteiger partial charge in [-0.1, -0.05) is 39.0 Å². The monoisotopic (exact) mass is 271 g/mol. The Hall–Kier alpha value is -1.40. The summed E-state index contributed by atoms with van der Waals surface area (Å²) in [7, 11) is -3.82. The summed E-state index contributed by atoms with van der Waals surface area (Å²) in [5.41, 5.74) is -0.715. The average molecular weight is 271 g/mol. The van der Waals surface area contributed by atoms with Crippen molar-refractivity contribution in [3.63, 3.8) is 0 Å². The molecule has 0 unspecified atom stereocenters. The topological polar surface area (TPSA) is 83.5 Å². The Morgan fingerprint density at radius 3 is 2.11 bits per heavy atom. The Morgan fingerprint density at radius 2 is 1.72 bits per heavy atom. The molecule has 0 saturated heterocycles. The minimum Gasteiger partial charge on any atom is -0.480 e. The predicted molar refractivity (Wildman–Crippen MR) is 67.6 cm³/mol. The number of carboxylic acids is 1. The predicted octanol–water partition coefficient (Wildman–Crippen LogP) is 1.46. The van der Waals surface area contributed by atoms with E-state index in [9.17, 15) is 13.2 Å². The molecule has 0 aliphatic carbocycles. The van der Waals surface area contributed by atoms with E-state index >= 15 is 0 Å². The molecule has 1 rings (SSSR count). The third-order valence-electron chi connectivity index (χ3n) is 2.44. The summed E-state index contributed by atoms with van der Waals surface area (Å²) in [6.45, 7) is 5.00. The molecule has 1 atom stereocenters. The van der Waals surface area contributed by atoms with Gasteiger partial charge in [-0.3, -0.25) is 4.79 Å². The van der Waals surface area contributed by atoms with Crippen LogP contribution in [0.5, 0.6) is 0 Å². The van der Waals surface area contributed by atoms with Crippen molar-refractivity contribution in [1.82, 2.24) is 4.72 Å². The molecule has 0 heterocycles. The number of nitrogens with one attached hydrogen (secondary N) is 1. The maximum absolute atomic E-state index is 12.0. The molecule has 0 amide bonds. The van der Waals surface area contributed by atoms with Crippen molar-refractivity contribution in [2.75, 3.05) is 0 Å². The van der Waals surface area contributed by atoms with Crippen molar-refractivity contribution in [1.29, 1.82) is 0 Å². The second-order valence-electron chi connectivity index (χ2n) is 5.07. The maximum Gasteiger partial charge on any atom is 0.322 e. The third-order valence-corrected chi connectivity index (χ3v) is 3.88. The number of rotatable bonds is 4. The number of carbonyl (C=O) groups is 1. The van der Waals surface area contributed by atoms with Gasteiger partial charge in [0.2, 0.25) is 10.0 Å². The van der Waals surface area contributed by atoms with Crippen LogP contribution in [0.25, 0.3) is 0 Å². The van der Waals surface area contributed by atoms with E-state index in [4.69, 9.17) is 5.11 Å². The van der Waals surface area contributed by atoms with Gasteiger partial charge >= 0.3 is 5.97 Å². The summed E-state index contributed by atoms with van der Waals surface area (Å²) in [5, 5.41) is 9.09. The number of aliphatic carboxylic acids is 1. The van der Waals surface area contributed by atoms with E-state index in [1.807, 2.05) is 0 Å². The van der Waals surface area contributed by atoms with E-state index in [0.717, 1.165) is 0 Å². The molecule has 0 bridgehead atoms. The van der Waals surface area contributed by atoms with Gasteiger partial charge in [0.05, 0.1) is 4.90 Å². The van der Waals surface area contributed by atoms with Gasteiger partial charge in [-0.15, -0.1) is 0 Å². The van der Waals surface area contributed by atoms with E-state index in [1.165, 1.54) is 12.1 Å². The van der Waals surface area contributed by atoms with Gasteiger partial charge in [-0.05, 0) is 17.5 Å². The lowest BCUT2D eigenvalue weighted by Crippen LogP contribution is -2.48. The lowest BCUT2D eigenvalue weighted by molar-refractivity contribution is -0.141. The highest BCUT2D eigenvalue weighted by Crippen LogP contribution is 2.21. The van der Waals surface area contributed by atoms with E-state index in [2.05, 4.69) is 4.72 Å². The van der Waals surface area contributed by atoms with Gasteiger partial charge in [0.25, 0.3) is 0 Å². The quantitative estimate of drug-likeness (QED) is 0.868. The average Bonchev–Trinajstić information content (AvgIpc) is 2.25. The van der Waals surface area contributed by atoms with Gasteiger partial charge in [-0.25, -0.2) is 8.42 Å². The maximum atomic E-state index is 12.0. The fraction of sp³-hybridized carbons (Fsp3) is 0.417. The molecule has 6 heteroatoms. The molecule has 1 aromatic rings. The molecular weight excluding hydrogens is 254 g/mol. The molecule has 0 fully saturated rings. The molecule has 0 aliphatic rings. The summed E-state index contributed by atoms with van der Waals surface area (Å²) in [6, 6.07) is 6.52. The minimum absolute atomic E-state index is 0.0560. The Labute approximate surface area is 107 Å². The zero-order chi connectivity index (χ0) is 14.0. The zero-order valence-electron chi connectivity index (χ0n) is 10.5. The number of carboxylic acid groups (broad SMARTS) is 1. The van der Waals surface area contributed by atoms with Gasteiger partial charge < -0.3 is 5.11 Å². The van der Waals surface area contributed by atoms with Crippen LogP contribution in [0.4, 0.5) is 0 Å². The third kappa shape index (κ3) is 3.54. The molecular formula is C12H17NO4S. The van der Waals surface area contributed by atoms with Crippen molar-refractivity contribution in [3.05, 3.63) is 30.3 Å². The minimum atomic E-state index is -3.82. The lowest BCUT2D eigenvalue weighted by Gasteiger charge is -2.27. The van der Waals surface area contributed by atoms with Crippen molar-refractivity contribution >= 4 is 16.0 Å².